The number of piperidine rings is 6. The van der Waals surface area contributed by atoms with E-state index in [1.807, 2.05) is 24.3 Å². The molecule has 0 saturated carbocycles. The van der Waals surface area contributed by atoms with E-state index in [2.05, 4.69) is 9.80 Å². The number of hydrogen-bond donors (Lipinski definition) is 0. The summed E-state index contributed by atoms with van der Waals surface area (Å²) in [4.78, 5) is 32.2. The van der Waals surface area contributed by atoms with E-state index in [-0.39, 0.29) is 11.8 Å². The highest BCUT2D eigenvalue weighted by Crippen LogP contribution is 2.49. The Morgan fingerprint density at radius 2 is 0.881 bits per heavy atom. The van der Waals surface area contributed by atoms with Gasteiger partial charge in [-0.2, -0.15) is 0 Å². The van der Waals surface area contributed by atoms with E-state index < -0.39 is 23.1 Å². The van der Waals surface area contributed by atoms with Crippen LogP contribution in [0.4, 0.5) is 0 Å². The van der Waals surface area contributed by atoms with Crippen molar-refractivity contribution in [2.24, 2.45) is 11.8 Å². The average Bonchev–Trinajstić information content (AvgIpc) is 3.05. The SMILES string of the molecule is COc1cc(OC)cc(C2(OC(=O)C(=O)OC3(c4cc(OC)cc(OC)c4)CN4CCC3CC4)CN3CCC2CC3)c1. The van der Waals surface area contributed by atoms with Gasteiger partial charge in [0, 0.05) is 48.2 Å². The molecule has 6 heterocycles. The normalized spacial score (nSPS) is 31.2. The molecule has 0 aromatic heterocycles. The Balaban J connectivity index is 1.34. The van der Waals surface area contributed by atoms with Crippen LogP contribution in [0.25, 0.3) is 0 Å². The highest BCUT2D eigenvalue weighted by Gasteiger charge is 2.55. The van der Waals surface area contributed by atoms with Crippen molar-refractivity contribution in [3.63, 3.8) is 0 Å². The van der Waals surface area contributed by atoms with Crippen LogP contribution in [0.5, 0.6) is 23.0 Å². The van der Waals surface area contributed by atoms with E-state index in [4.69, 9.17) is 28.4 Å². The third-order valence-corrected chi connectivity index (χ3v) is 9.81. The fourth-order valence-corrected chi connectivity index (χ4v) is 7.56. The first-order chi connectivity index (χ1) is 20.3. The zero-order chi connectivity index (χ0) is 29.5. The van der Waals surface area contributed by atoms with Gasteiger partial charge in [-0.05, 0) is 76.1 Å². The monoisotopic (exact) mass is 580 g/mol. The molecule has 2 aromatic rings. The Morgan fingerprint density at radius 3 is 1.12 bits per heavy atom. The van der Waals surface area contributed by atoms with Gasteiger partial charge in [0.05, 0.1) is 28.4 Å². The van der Waals surface area contributed by atoms with Gasteiger partial charge in [0.15, 0.2) is 11.2 Å². The number of ether oxygens (including phenoxy) is 6. The number of carbonyl (C=O) groups is 2. The zero-order valence-corrected chi connectivity index (χ0v) is 24.9. The van der Waals surface area contributed by atoms with Gasteiger partial charge in [-0.3, -0.25) is 9.80 Å². The molecule has 8 rings (SSSR count). The third kappa shape index (κ3) is 4.94. The number of rotatable bonds is 8. The maximum Gasteiger partial charge on any atom is 0.418 e. The minimum absolute atomic E-state index is 0.0458. The van der Waals surface area contributed by atoms with Gasteiger partial charge in [-0.25, -0.2) is 9.59 Å². The van der Waals surface area contributed by atoms with Gasteiger partial charge in [0.1, 0.15) is 23.0 Å². The molecule has 10 nitrogen and oxygen atoms in total. The van der Waals surface area contributed by atoms with Crippen LogP contribution in [0.15, 0.2) is 36.4 Å². The third-order valence-electron chi connectivity index (χ3n) is 9.81. The summed E-state index contributed by atoms with van der Waals surface area (Å²) < 4.78 is 34.8. The van der Waals surface area contributed by atoms with E-state index in [0.717, 1.165) is 63.0 Å². The van der Waals surface area contributed by atoms with Gasteiger partial charge in [-0.1, -0.05) is 0 Å². The molecule has 0 N–H and O–H groups in total. The molecule has 6 aliphatic heterocycles. The minimum Gasteiger partial charge on any atom is -0.497 e. The first kappa shape index (κ1) is 28.6. The quantitative estimate of drug-likeness (QED) is 0.342. The smallest absolute Gasteiger partial charge is 0.418 e. The van der Waals surface area contributed by atoms with E-state index in [9.17, 15) is 9.59 Å². The molecule has 2 unspecified atom stereocenters. The van der Waals surface area contributed by atoms with Gasteiger partial charge >= 0.3 is 11.9 Å². The highest BCUT2D eigenvalue weighted by atomic mass is 16.6. The summed E-state index contributed by atoms with van der Waals surface area (Å²) in [5.74, 6) is 0.490. The predicted octanol–water partition coefficient (Wildman–Crippen LogP) is 3.35. The van der Waals surface area contributed by atoms with Crippen molar-refractivity contribution in [3.8, 4) is 23.0 Å². The number of benzene rings is 2. The van der Waals surface area contributed by atoms with Gasteiger partial charge in [0.2, 0.25) is 0 Å². The summed E-state index contributed by atoms with van der Waals surface area (Å²) in [5, 5.41) is 0. The second kappa shape index (κ2) is 11.3. The lowest BCUT2D eigenvalue weighted by Crippen LogP contribution is -2.61. The van der Waals surface area contributed by atoms with Crippen LogP contribution in [-0.2, 0) is 30.3 Å². The lowest BCUT2D eigenvalue weighted by Gasteiger charge is -2.53. The highest BCUT2D eigenvalue weighted by molar-refractivity contribution is 6.30. The van der Waals surface area contributed by atoms with Crippen LogP contribution in [0.2, 0.25) is 0 Å². The number of methoxy groups -OCH3 is 4. The molecule has 0 amide bonds. The molecule has 42 heavy (non-hydrogen) atoms. The van der Waals surface area contributed by atoms with Crippen molar-refractivity contribution >= 4 is 11.9 Å². The molecule has 6 fully saturated rings. The van der Waals surface area contributed by atoms with Crippen molar-refractivity contribution in [1.29, 1.82) is 0 Å². The Labute approximate surface area is 246 Å². The molecule has 4 bridgehead atoms. The van der Waals surface area contributed by atoms with Crippen molar-refractivity contribution in [2.45, 2.75) is 36.9 Å². The number of hydrogen-bond acceptors (Lipinski definition) is 10. The maximum absolute atomic E-state index is 13.8. The van der Waals surface area contributed by atoms with Crippen LogP contribution < -0.4 is 18.9 Å². The zero-order valence-electron chi connectivity index (χ0n) is 24.9. The Kier molecular flexibility index (Phi) is 7.70. The first-order valence-electron chi connectivity index (χ1n) is 14.7. The summed E-state index contributed by atoms with van der Waals surface area (Å²) in [6, 6.07) is 11.1. The summed E-state index contributed by atoms with van der Waals surface area (Å²) >= 11 is 0. The first-order valence-corrected chi connectivity index (χ1v) is 14.7. The van der Waals surface area contributed by atoms with Gasteiger partial charge in [0.25, 0.3) is 0 Å². The minimum atomic E-state index is -1.03. The summed E-state index contributed by atoms with van der Waals surface area (Å²) in [5.41, 5.74) is -0.556. The molecule has 2 atom stereocenters. The van der Waals surface area contributed by atoms with E-state index in [0.29, 0.717) is 36.1 Å². The van der Waals surface area contributed by atoms with Crippen LogP contribution in [0.3, 0.4) is 0 Å². The topological polar surface area (TPSA) is 96.0 Å². The van der Waals surface area contributed by atoms with E-state index in [1.54, 1.807) is 40.6 Å². The number of fused-ring (bicyclic) bond motifs is 6. The average molecular weight is 581 g/mol. The lowest BCUT2D eigenvalue weighted by molar-refractivity contribution is -0.211. The van der Waals surface area contributed by atoms with Crippen molar-refractivity contribution in [2.75, 3.05) is 67.7 Å². The Bertz CT molecular complexity index is 1190. The Morgan fingerprint density at radius 1 is 0.571 bits per heavy atom. The van der Waals surface area contributed by atoms with Crippen LogP contribution in [0.1, 0.15) is 36.8 Å². The molecule has 0 radical (unpaired) electrons. The molecule has 226 valence electrons. The summed E-state index contributed by atoms with van der Waals surface area (Å²) in [6.07, 6.45) is 3.41. The number of carbonyl (C=O) groups excluding carboxylic acids is 2. The lowest BCUT2D eigenvalue weighted by atomic mass is 9.71. The van der Waals surface area contributed by atoms with E-state index in [1.165, 1.54) is 0 Å². The van der Waals surface area contributed by atoms with Crippen molar-refractivity contribution < 1.29 is 38.0 Å². The molecule has 0 spiro atoms. The summed E-state index contributed by atoms with van der Waals surface area (Å²) in [7, 11) is 6.36. The molecule has 2 aromatic carbocycles. The fraction of sp³-hybridized carbons (Fsp3) is 0.562. The number of esters is 2. The van der Waals surface area contributed by atoms with Crippen LogP contribution in [0, 0.1) is 11.8 Å². The van der Waals surface area contributed by atoms with Crippen molar-refractivity contribution in [1.82, 2.24) is 9.80 Å². The molecular formula is C32H40N2O8. The maximum atomic E-state index is 13.8. The molecule has 6 saturated heterocycles. The molecule has 6 aliphatic rings. The fourth-order valence-electron chi connectivity index (χ4n) is 7.56. The van der Waals surface area contributed by atoms with E-state index >= 15 is 0 Å². The Hall–Kier alpha value is -3.50. The van der Waals surface area contributed by atoms with Gasteiger partial charge in [-0.15, -0.1) is 0 Å². The molecule has 10 heteroatoms. The standard InChI is InChI=1S/C32H40N2O8/c1-37-25-13-23(14-26(17-25)38-2)31(19-33-9-5-21(31)6-10-33)41-29(35)30(36)42-32(20-34-11-7-22(32)8-12-34)24-15-27(39-3)18-28(16-24)40-4/h13-18,21-22H,5-12,19-20H2,1-4H3. The predicted molar refractivity (Wildman–Crippen MR) is 153 cm³/mol. The van der Waals surface area contributed by atoms with Crippen LogP contribution in [-0.4, -0.2) is 89.4 Å². The largest absolute Gasteiger partial charge is 0.497 e. The van der Waals surface area contributed by atoms with Gasteiger partial charge < -0.3 is 28.4 Å². The summed E-state index contributed by atoms with van der Waals surface area (Å²) in [6.45, 7) is 4.67. The second-order valence-corrected chi connectivity index (χ2v) is 11.9. The number of nitrogens with zero attached hydrogens (tertiary/aromatic N) is 2. The van der Waals surface area contributed by atoms with Crippen LogP contribution >= 0.6 is 0 Å². The van der Waals surface area contributed by atoms with Crippen molar-refractivity contribution in [3.05, 3.63) is 47.5 Å². The molecule has 0 aliphatic carbocycles. The molecular weight excluding hydrogens is 540 g/mol. The second-order valence-electron chi connectivity index (χ2n) is 11.9.